The van der Waals surface area contributed by atoms with E-state index in [9.17, 15) is 31.1 Å². The Bertz CT molecular complexity index is 662. The van der Waals surface area contributed by atoms with Crippen molar-refractivity contribution in [1.82, 2.24) is 5.16 Å². The summed E-state index contributed by atoms with van der Waals surface area (Å²) in [4.78, 5) is 11.5. The van der Waals surface area contributed by atoms with Crippen LogP contribution in [0.4, 0.5) is 42.7 Å². The van der Waals surface area contributed by atoms with Gasteiger partial charge in [0.2, 0.25) is 5.88 Å². The van der Waals surface area contributed by atoms with Crippen LogP contribution in [0.3, 0.4) is 0 Å². The van der Waals surface area contributed by atoms with Gasteiger partial charge in [-0.25, -0.2) is 4.79 Å². The highest BCUT2D eigenvalue weighted by Crippen LogP contribution is 2.37. The first-order chi connectivity index (χ1) is 10.6. The predicted molar refractivity (Wildman–Crippen MR) is 65.6 cm³/mol. The van der Waals surface area contributed by atoms with Crippen molar-refractivity contribution in [3.63, 3.8) is 0 Å². The van der Waals surface area contributed by atoms with Crippen LogP contribution in [0, 0.1) is 0 Å². The monoisotopic (exact) mass is 339 g/mol. The van der Waals surface area contributed by atoms with E-state index in [0.29, 0.717) is 12.1 Å². The molecule has 2 rings (SSSR count). The van der Waals surface area contributed by atoms with Gasteiger partial charge in [0.25, 0.3) is 0 Å². The maximum Gasteiger partial charge on any atom is 0.416 e. The molecule has 0 aliphatic carbocycles. The molecule has 1 heterocycles. The molecular formula is C12H7F6N3O2. The summed E-state index contributed by atoms with van der Waals surface area (Å²) in [6, 6.07) is 0.866. The van der Waals surface area contributed by atoms with Crippen LogP contribution in [0.5, 0.6) is 0 Å². The molecule has 0 radical (unpaired) electrons. The molecule has 0 saturated heterocycles. The van der Waals surface area contributed by atoms with Crippen LogP contribution in [0.25, 0.3) is 0 Å². The summed E-state index contributed by atoms with van der Waals surface area (Å²) in [5.74, 6) is -0.134. The van der Waals surface area contributed by atoms with Gasteiger partial charge in [-0.05, 0) is 18.2 Å². The molecule has 2 N–H and O–H groups in total. The number of amides is 2. The number of nitrogens with zero attached hydrogens (tertiary/aromatic N) is 1. The summed E-state index contributed by atoms with van der Waals surface area (Å²) in [6.45, 7) is 0. The van der Waals surface area contributed by atoms with Gasteiger partial charge in [-0.15, -0.1) is 0 Å². The molecule has 0 fully saturated rings. The largest absolute Gasteiger partial charge is 0.416 e. The summed E-state index contributed by atoms with van der Waals surface area (Å²) in [6.07, 6.45) is -8.82. The Morgan fingerprint density at radius 1 is 0.957 bits per heavy atom. The summed E-state index contributed by atoms with van der Waals surface area (Å²) < 4.78 is 80.5. The van der Waals surface area contributed by atoms with Crippen LogP contribution in [0.1, 0.15) is 11.1 Å². The van der Waals surface area contributed by atoms with E-state index in [4.69, 9.17) is 0 Å². The van der Waals surface area contributed by atoms with Crippen molar-refractivity contribution in [2.24, 2.45) is 0 Å². The lowest BCUT2D eigenvalue weighted by Crippen LogP contribution is -2.20. The van der Waals surface area contributed by atoms with E-state index < -0.39 is 35.2 Å². The van der Waals surface area contributed by atoms with Crippen molar-refractivity contribution in [2.45, 2.75) is 12.4 Å². The lowest BCUT2D eigenvalue weighted by molar-refractivity contribution is -0.143. The van der Waals surface area contributed by atoms with Crippen molar-refractivity contribution >= 4 is 17.6 Å². The van der Waals surface area contributed by atoms with Gasteiger partial charge in [0, 0.05) is 11.8 Å². The SMILES string of the molecule is O=C(Nc1cc(C(F)(F)F)cc(C(F)(F)F)c1)Nc1ccno1. The number of aromatic nitrogens is 1. The third-order valence-electron chi connectivity index (χ3n) is 2.52. The number of benzene rings is 1. The molecule has 1 aromatic carbocycles. The maximum atomic E-state index is 12.7. The van der Waals surface area contributed by atoms with Crippen molar-refractivity contribution in [3.05, 3.63) is 41.6 Å². The highest BCUT2D eigenvalue weighted by Gasteiger charge is 2.37. The molecule has 2 amide bonds. The Balaban J connectivity index is 2.28. The van der Waals surface area contributed by atoms with Crippen molar-refractivity contribution in [3.8, 4) is 0 Å². The van der Waals surface area contributed by atoms with E-state index in [1.807, 2.05) is 10.6 Å². The standard InChI is InChI=1S/C12H7F6N3O2/c13-11(14,15)6-3-7(12(16,17)18)5-8(4-6)20-10(22)21-9-1-2-19-23-9/h1-5H,(H2,20,21,22). The zero-order chi connectivity index (χ0) is 17.3. The molecule has 0 aliphatic heterocycles. The number of alkyl halides is 6. The minimum Gasteiger partial charge on any atom is -0.338 e. The molecule has 23 heavy (non-hydrogen) atoms. The second kappa shape index (κ2) is 5.82. The third kappa shape index (κ3) is 4.37. The molecule has 0 spiro atoms. The first kappa shape index (κ1) is 16.6. The molecule has 0 aliphatic rings. The van der Waals surface area contributed by atoms with Gasteiger partial charge in [0.05, 0.1) is 17.3 Å². The van der Waals surface area contributed by atoms with E-state index in [1.54, 1.807) is 0 Å². The van der Waals surface area contributed by atoms with E-state index >= 15 is 0 Å². The second-order valence-electron chi connectivity index (χ2n) is 4.25. The van der Waals surface area contributed by atoms with Crippen LogP contribution in [0.15, 0.2) is 35.0 Å². The lowest BCUT2D eigenvalue weighted by atomic mass is 10.1. The summed E-state index contributed by atoms with van der Waals surface area (Å²) >= 11 is 0. The minimum absolute atomic E-state index is 0.0421. The van der Waals surface area contributed by atoms with Gasteiger partial charge in [-0.3, -0.25) is 5.32 Å². The number of hydrogen-bond acceptors (Lipinski definition) is 3. The number of urea groups is 1. The van der Waals surface area contributed by atoms with E-state index in [0.717, 1.165) is 0 Å². The fourth-order valence-electron chi connectivity index (χ4n) is 1.58. The lowest BCUT2D eigenvalue weighted by Gasteiger charge is -2.14. The Labute approximate surface area is 124 Å². The number of carbonyl (C=O) groups excluding carboxylic acids is 1. The smallest absolute Gasteiger partial charge is 0.338 e. The molecule has 0 atom stereocenters. The molecule has 124 valence electrons. The highest BCUT2D eigenvalue weighted by atomic mass is 19.4. The zero-order valence-electron chi connectivity index (χ0n) is 10.9. The summed E-state index contributed by atoms with van der Waals surface area (Å²) in [5, 5.41) is 7.17. The van der Waals surface area contributed by atoms with E-state index in [1.165, 1.54) is 12.3 Å². The number of nitrogens with one attached hydrogen (secondary N) is 2. The van der Waals surface area contributed by atoms with Crippen LogP contribution in [0.2, 0.25) is 0 Å². The molecule has 0 saturated carbocycles. The van der Waals surface area contributed by atoms with E-state index in [2.05, 4.69) is 9.68 Å². The third-order valence-corrected chi connectivity index (χ3v) is 2.52. The van der Waals surface area contributed by atoms with Crippen LogP contribution in [-0.2, 0) is 12.4 Å². The minimum atomic E-state index is -5.00. The molecule has 0 unspecified atom stereocenters. The first-order valence-corrected chi connectivity index (χ1v) is 5.84. The normalized spacial score (nSPS) is 12.1. The van der Waals surface area contributed by atoms with Gasteiger partial charge in [0.15, 0.2) is 0 Å². The fourth-order valence-corrected chi connectivity index (χ4v) is 1.58. The zero-order valence-corrected chi connectivity index (χ0v) is 10.9. The second-order valence-corrected chi connectivity index (χ2v) is 4.25. The number of rotatable bonds is 2. The molecule has 5 nitrogen and oxygen atoms in total. The molecule has 1 aromatic heterocycles. The maximum absolute atomic E-state index is 12.7. The summed E-state index contributed by atoms with van der Waals surface area (Å²) in [7, 11) is 0. The van der Waals surface area contributed by atoms with Crippen LogP contribution in [-0.4, -0.2) is 11.2 Å². The molecule has 0 bridgehead atoms. The van der Waals surface area contributed by atoms with Crippen molar-refractivity contribution in [1.29, 1.82) is 0 Å². The predicted octanol–water partition coefficient (Wildman–Crippen LogP) is 4.36. The Hall–Kier alpha value is -2.72. The van der Waals surface area contributed by atoms with E-state index in [-0.39, 0.29) is 12.0 Å². The topological polar surface area (TPSA) is 67.2 Å². The molecular weight excluding hydrogens is 332 g/mol. The van der Waals surface area contributed by atoms with Gasteiger partial charge in [-0.1, -0.05) is 5.16 Å². The fraction of sp³-hybridized carbons (Fsp3) is 0.167. The highest BCUT2D eigenvalue weighted by molar-refractivity contribution is 5.98. The van der Waals surface area contributed by atoms with Crippen molar-refractivity contribution in [2.75, 3.05) is 10.6 Å². The molecule has 2 aromatic rings. The number of anilines is 2. The van der Waals surface area contributed by atoms with Gasteiger partial charge >= 0.3 is 18.4 Å². The average molecular weight is 339 g/mol. The summed E-state index contributed by atoms with van der Waals surface area (Å²) in [5.41, 5.74) is -3.76. The van der Waals surface area contributed by atoms with Crippen LogP contribution < -0.4 is 10.6 Å². The van der Waals surface area contributed by atoms with Crippen molar-refractivity contribution < 1.29 is 35.7 Å². The quantitative estimate of drug-likeness (QED) is 0.799. The van der Waals surface area contributed by atoms with Gasteiger partial charge < -0.3 is 9.84 Å². The average Bonchev–Trinajstić information content (AvgIpc) is 2.88. The first-order valence-electron chi connectivity index (χ1n) is 5.84. The van der Waals surface area contributed by atoms with Crippen LogP contribution >= 0.6 is 0 Å². The number of hydrogen-bond donors (Lipinski definition) is 2. The Morgan fingerprint density at radius 2 is 1.52 bits per heavy atom. The van der Waals surface area contributed by atoms with Gasteiger partial charge in [0.1, 0.15) is 0 Å². The Kier molecular flexibility index (Phi) is 4.21. The molecule has 11 heteroatoms. The number of carbonyl (C=O) groups is 1. The number of halogens is 6. The van der Waals surface area contributed by atoms with Gasteiger partial charge in [-0.2, -0.15) is 26.3 Å². The Morgan fingerprint density at radius 3 is 1.96 bits per heavy atom.